The minimum Gasteiger partial charge on any atom is -0.458 e. The Labute approximate surface area is 358 Å². The molecule has 3 N–H and O–H groups in total. The summed E-state index contributed by atoms with van der Waals surface area (Å²) < 4.78 is 5.79. The Kier molecular flexibility index (Phi) is 43.3. The van der Waals surface area contributed by atoms with E-state index in [9.17, 15) is 19.8 Å². The monoisotopic (exact) mass is 810 g/mol. The van der Waals surface area contributed by atoms with Crippen LogP contribution in [0.1, 0.15) is 220 Å². The normalized spacial score (nSPS) is 13.9. The minimum absolute atomic E-state index is 0.0513. The lowest BCUT2D eigenvalue weighted by Crippen LogP contribution is -2.46. The first-order valence-corrected chi connectivity index (χ1v) is 24.2. The minimum atomic E-state index is -0.821. The fourth-order valence-electron chi connectivity index (χ4n) is 6.84. The summed E-state index contributed by atoms with van der Waals surface area (Å²) in [6.07, 6.45) is 57.0. The van der Waals surface area contributed by atoms with Crippen LogP contribution in [0.25, 0.3) is 0 Å². The van der Waals surface area contributed by atoms with Gasteiger partial charge in [0.25, 0.3) is 0 Å². The molecule has 334 valence electrons. The summed E-state index contributed by atoms with van der Waals surface area (Å²) >= 11 is 0. The number of aliphatic hydroxyl groups excluding tert-OH is 2. The molecular formula is C52H91NO5. The van der Waals surface area contributed by atoms with E-state index < -0.39 is 18.2 Å². The van der Waals surface area contributed by atoms with Crippen molar-refractivity contribution in [1.29, 1.82) is 0 Å². The molecule has 0 rings (SSSR count). The maximum atomic E-state index is 13.1. The zero-order chi connectivity index (χ0) is 42.4. The van der Waals surface area contributed by atoms with Crippen LogP contribution in [0.5, 0.6) is 0 Å². The number of unbranched alkanes of at least 4 members (excludes halogenated alkanes) is 20. The van der Waals surface area contributed by atoms with Gasteiger partial charge in [-0.2, -0.15) is 0 Å². The number of hydrogen-bond donors (Lipinski definition) is 3. The maximum Gasteiger partial charge on any atom is 0.306 e. The standard InChI is InChI=1S/C52H91NO5/c1-4-7-10-13-16-19-22-24-26-29-31-34-37-40-43-48(58-52(57)45-42-39-36-33-28-21-18-15-12-9-6-3)46-51(56)53-49(47-54)50(55)44-41-38-35-32-30-27-25-23-20-17-14-11-8-5-2/h7,10,15-16,18-19,24,26,31,34,40,43,48-50,54-55H,4-6,8-9,11-14,17,20-23,25,27-30,32-33,35-39,41-42,44-47H2,1-3H3,(H,53,56)/b10-7+,18-15-,19-16+,26-24+,34-31+,43-40+. The van der Waals surface area contributed by atoms with E-state index in [0.29, 0.717) is 19.3 Å². The molecule has 58 heavy (non-hydrogen) atoms. The number of aliphatic hydroxyl groups is 2. The molecule has 0 saturated heterocycles. The van der Waals surface area contributed by atoms with Crippen molar-refractivity contribution in [2.75, 3.05) is 6.61 Å². The lowest BCUT2D eigenvalue weighted by atomic mass is 10.0. The van der Waals surface area contributed by atoms with Gasteiger partial charge >= 0.3 is 5.97 Å². The number of ether oxygens (including phenoxy) is 1. The second kappa shape index (κ2) is 45.4. The molecule has 0 aromatic heterocycles. The lowest BCUT2D eigenvalue weighted by Gasteiger charge is -2.23. The number of carbonyl (C=O) groups is 2. The fourth-order valence-corrected chi connectivity index (χ4v) is 6.84. The molecule has 0 radical (unpaired) electrons. The molecule has 3 unspecified atom stereocenters. The Bertz CT molecular complexity index is 1090. The summed E-state index contributed by atoms with van der Waals surface area (Å²) in [6, 6.07) is -0.744. The number of rotatable bonds is 42. The van der Waals surface area contributed by atoms with E-state index >= 15 is 0 Å². The third-order valence-electron chi connectivity index (χ3n) is 10.5. The van der Waals surface area contributed by atoms with Crippen molar-refractivity contribution in [3.63, 3.8) is 0 Å². The predicted octanol–water partition coefficient (Wildman–Crippen LogP) is 14.2. The smallest absolute Gasteiger partial charge is 0.306 e. The highest BCUT2D eigenvalue weighted by molar-refractivity contribution is 5.78. The van der Waals surface area contributed by atoms with Gasteiger partial charge in [0.1, 0.15) is 6.10 Å². The van der Waals surface area contributed by atoms with Crippen molar-refractivity contribution < 1.29 is 24.5 Å². The van der Waals surface area contributed by atoms with E-state index in [1.165, 1.54) is 96.3 Å². The number of amides is 1. The highest BCUT2D eigenvalue weighted by Crippen LogP contribution is 2.16. The van der Waals surface area contributed by atoms with E-state index in [2.05, 4.69) is 86.8 Å². The van der Waals surface area contributed by atoms with Crippen molar-refractivity contribution in [3.05, 3.63) is 72.9 Å². The quantitative estimate of drug-likeness (QED) is 0.0324. The van der Waals surface area contributed by atoms with Crippen molar-refractivity contribution in [1.82, 2.24) is 5.32 Å². The Balaban J connectivity index is 4.74. The molecule has 0 saturated carbocycles. The molecular weight excluding hydrogens is 719 g/mol. The van der Waals surface area contributed by atoms with Crippen LogP contribution in [0, 0.1) is 0 Å². The first-order valence-electron chi connectivity index (χ1n) is 24.2. The number of esters is 1. The fraction of sp³-hybridized carbons (Fsp3) is 0.731. The summed E-state index contributed by atoms with van der Waals surface area (Å²) in [5.74, 6) is -0.643. The predicted molar refractivity (Wildman–Crippen MR) is 250 cm³/mol. The lowest BCUT2D eigenvalue weighted by molar-refractivity contribution is -0.148. The maximum absolute atomic E-state index is 13.1. The van der Waals surface area contributed by atoms with E-state index in [4.69, 9.17) is 4.74 Å². The van der Waals surface area contributed by atoms with Crippen molar-refractivity contribution in [3.8, 4) is 0 Å². The molecule has 0 bridgehead atoms. The molecule has 0 spiro atoms. The molecule has 0 heterocycles. The highest BCUT2D eigenvalue weighted by Gasteiger charge is 2.23. The summed E-state index contributed by atoms with van der Waals surface area (Å²) in [5, 5.41) is 23.6. The number of hydrogen-bond acceptors (Lipinski definition) is 5. The highest BCUT2D eigenvalue weighted by atomic mass is 16.5. The van der Waals surface area contributed by atoms with Gasteiger partial charge in [-0.05, 0) is 70.3 Å². The molecule has 0 aromatic rings. The third kappa shape index (κ3) is 40.1. The number of allylic oxidation sites excluding steroid dienone is 11. The zero-order valence-electron chi connectivity index (χ0n) is 37.9. The molecule has 0 aliphatic rings. The number of carbonyl (C=O) groups excluding carboxylic acids is 2. The molecule has 0 fully saturated rings. The van der Waals surface area contributed by atoms with Crippen LogP contribution in [0.4, 0.5) is 0 Å². The molecule has 0 aromatic carbocycles. The molecule has 3 atom stereocenters. The van der Waals surface area contributed by atoms with Crippen LogP contribution < -0.4 is 5.32 Å². The van der Waals surface area contributed by atoms with Crippen LogP contribution in [0.3, 0.4) is 0 Å². The van der Waals surface area contributed by atoms with E-state index in [-0.39, 0.29) is 24.9 Å². The molecule has 6 heteroatoms. The Morgan fingerprint density at radius 2 is 0.983 bits per heavy atom. The Morgan fingerprint density at radius 1 is 0.534 bits per heavy atom. The van der Waals surface area contributed by atoms with Gasteiger partial charge in [0.05, 0.1) is 25.2 Å². The average Bonchev–Trinajstić information content (AvgIpc) is 3.22. The summed E-state index contributed by atoms with van der Waals surface area (Å²) in [4.78, 5) is 26.0. The molecule has 0 aliphatic heterocycles. The molecule has 6 nitrogen and oxygen atoms in total. The van der Waals surface area contributed by atoms with Gasteiger partial charge in [0.15, 0.2) is 0 Å². The topological polar surface area (TPSA) is 95.9 Å². The third-order valence-corrected chi connectivity index (χ3v) is 10.5. The van der Waals surface area contributed by atoms with Gasteiger partial charge < -0.3 is 20.3 Å². The van der Waals surface area contributed by atoms with Crippen molar-refractivity contribution in [2.24, 2.45) is 0 Å². The first kappa shape index (κ1) is 55.3. The van der Waals surface area contributed by atoms with Crippen LogP contribution in [-0.2, 0) is 14.3 Å². The summed E-state index contributed by atoms with van der Waals surface area (Å²) in [5.41, 5.74) is 0. The van der Waals surface area contributed by atoms with E-state index in [1.807, 2.05) is 6.08 Å². The van der Waals surface area contributed by atoms with Gasteiger partial charge in [-0.25, -0.2) is 0 Å². The van der Waals surface area contributed by atoms with Gasteiger partial charge in [-0.1, -0.05) is 210 Å². The second-order valence-corrected chi connectivity index (χ2v) is 16.1. The molecule has 1 amide bonds. The van der Waals surface area contributed by atoms with Crippen molar-refractivity contribution >= 4 is 11.9 Å². The van der Waals surface area contributed by atoms with Crippen LogP contribution in [0.15, 0.2) is 72.9 Å². The van der Waals surface area contributed by atoms with Crippen LogP contribution >= 0.6 is 0 Å². The van der Waals surface area contributed by atoms with Crippen molar-refractivity contribution in [2.45, 2.75) is 238 Å². The van der Waals surface area contributed by atoms with Crippen LogP contribution in [-0.4, -0.2) is 46.9 Å². The average molecular weight is 810 g/mol. The zero-order valence-corrected chi connectivity index (χ0v) is 37.9. The van der Waals surface area contributed by atoms with Gasteiger partial charge in [-0.15, -0.1) is 0 Å². The van der Waals surface area contributed by atoms with E-state index in [1.54, 1.807) is 6.08 Å². The Hall–Kier alpha value is -2.70. The largest absolute Gasteiger partial charge is 0.458 e. The molecule has 0 aliphatic carbocycles. The Morgan fingerprint density at radius 3 is 1.50 bits per heavy atom. The van der Waals surface area contributed by atoms with Gasteiger partial charge in [0.2, 0.25) is 5.91 Å². The van der Waals surface area contributed by atoms with E-state index in [0.717, 1.165) is 77.0 Å². The van der Waals surface area contributed by atoms with Gasteiger partial charge in [0, 0.05) is 6.42 Å². The first-order chi connectivity index (χ1) is 28.5. The van der Waals surface area contributed by atoms with Gasteiger partial charge in [-0.3, -0.25) is 9.59 Å². The second-order valence-electron chi connectivity index (χ2n) is 16.1. The summed E-state index contributed by atoms with van der Waals surface area (Å²) in [7, 11) is 0. The number of nitrogens with one attached hydrogen (secondary N) is 1. The van der Waals surface area contributed by atoms with Crippen LogP contribution in [0.2, 0.25) is 0 Å². The SMILES string of the molecule is CC/C=C/C/C=C/C/C=C/C/C=C/C/C=C/C(CC(=O)NC(CO)C(O)CCCCCCCCCCCCCCCC)OC(=O)CCCCCCC/C=C\CCCC. The summed E-state index contributed by atoms with van der Waals surface area (Å²) in [6.45, 7) is 6.28.